The minimum atomic E-state index is -0.895. The molecule has 1 aromatic heterocycles. The van der Waals surface area contributed by atoms with Crippen LogP contribution in [0, 0.1) is 11.6 Å². The van der Waals surface area contributed by atoms with Crippen molar-refractivity contribution in [3.8, 4) is 17.2 Å². The quantitative estimate of drug-likeness (QED) is 0.540. The van der Waals surface area contributed by atoms with Gasteiger partial charge in [0.05, 0.1) is 18.0 Å². The molecule has 4 aromatic rings. The van der Waals surface area contributed by atoms with E-state index in [0.29, 0.717) is 11.1 Å². The number of fused-ring (bicyclic) bond motifs is 1. The molecule has 0 unspecified atom stereocenters. The van der Waals surface area contributed by atoms with Crippen LogP contribution in [0.5, 0.6) is 11.5 Å². The van der Waals surface area contributed by atoms with Crippen LogP contribution in [0.15, 0.2) is 65.5 Å². The molecule has 4 rings (SSSR count). The maximum atomic E-state index is 14.5. The summed E-state index contributed by atoms with van der Waals surface area (Å²) in [6.07, 6.45) is 2.90. The minimum absolute atomic E-state index is 0.00456. The monoisotopic (exact) mass is 406 g/mol. The molecule has 0 radical (unpaired) electrons. The van der Waals surface area contributed by atoms with Crippen LogP contribution in [0.4, 0.5) is 8.78 Å². The van der Waals surface area contributed by atoms with Gasteiger partial charge in [-0.25, -0.2) is 13.8 Å². The van der Waals surface area contributed by atoms with E-state index >= 15 is 0 Å². The van der Waals surface area contributed by atoms with Gasteiger partial charge in [-0.05, 0) is 42.5 Å². The zero-order chi connectivity index (χ0) is 21.3. The standard InChI is InChI=1S/C23H16F2N2O3/c1-30-19-11-4-6-14(22(19)28)12-13-20-26-18-10-3-2-7-15(18)23(29)27(20)21-16(24)8-5-9-17(21)25/h2-13,28H,1H3/b13-12+. The Balaban J connectivity index is 1.99. The zero-order valence-electron chi connectivity index (χ0n) is 15.8. The van der Waals surface area contributed by atoms with Crippen molar-refractivity contribution < 1.29 is 18.6 Å². The normalized spacial score (nSPS) is 11.3. The zero-order valence-corrected chi connectivity index (χ0v) is 15.8. The highest BCUT2D eigenvalue weighted by atomic mass is 19.1. The lowest BCUT2D eigenvalue weighted by Crippen LogP contribution is -2.24. The average Bonchev–Trinajstić information content (AvgIpc) is 2.74. The van der Waals surface area contributed by atoms with Gasteiger partial charge in [0.25, 0.3) is 5.56 Å². The predicted octanol–water partition coefficient (Wildman–Crippen LogP) is 4.55. The molecule has 0 fully saturated rings. The van der Waals surface area contributed by atoms with Gasteiger partial charge in [-0.3, -0.25) is 9.36 Å². The molecule has 1 heterocycles. The molecule has 0 aliphatic carbocycles. The number of hydrogen-bond acceptors (Lipinski definition) is 4. The number of methoxy groups -OCH3 is 1. The Bertz CT molecular complexity index is 1330. The van der Waals surface area contributed by atoms with Crippen molar-refractivity contribution >= 4 is 23.1 Å². The lowest BCUT2D eigenvalue weighted by atomic mass is 10.1. The fourth-order valence-corrected chi connectivity index (χ4v) is 3.18. The molecular formula is C23H16F2N2O3. The summed E-state index contributed by atoms with van der Waals surface area (Å²) in [5.74, 6) is -1.63. The predicted molar refractivity (Wildman–Crippen MR) is 111 cm³/mol. The highest BCUT2D eigenvalue weighted by Crippen LogP contribution is 2.30. The lowest BCUT2D eigenvalue weighted by molar-refractivity contribution is 0.373. The molecule has 30 heavy (non-hydrogen) atoms. The van der Waals surface area contributed by atoms with Crippen molar-refractivity contribution in [2.75, 3.05) is 7.11 Å². The van der Waals surface area contributed by atoms with E-state index in [4.69, 9.17) is 4.74 Å². The van der Waals surface area contributed by atoms with E-state index in [-0.39, 0.29) is 22.7 Å². The van der Waals surface area contributed by atoms with Crippen molar-refractivity contribution in [3.05, 3.63) is 94.0 Å². The van der Waals surface area contributed by atoms with Gasteiger partial charge >= 0.3 is 0 Å². The average molecular weight is 406 g/mol. The Labute approximate surface area is 170 Å². The number of para-hydroxylation sites is 3. The van der Waals surface area contributed by atoms with E-state index in [0.717, 1.165) is 16.7 Å². The first-order valence-corrected chi connectivity index (χ1v) is 9.01. The van der Waals surface area contributed by atoms with Gasteiger partial charge in [0.2, 0.25) is 0 Å². The molecule has 0 atom stereocenters. The second-order valence-electron chi connectivity index (χ2n) is 6.43. The van der Waals surface area contributed by atoms with Gasteiger partial charge < -0.3 is 9.84 Å². The topological polar surface area (TPSA) is 64.3 Å². The molecule has 0 bridgehead atoms. The third kappa shape index (κ3) is 3.30. The summed E-state index contributed by atoms with van der Waals surface area (Å²) in [7, 11) is 1.42. The smallest absolute Gasteiger partial charge is 0.266 e. The van der Waals surface area contributed by atoms with Gasteiger partial charge in [-0.2, -0.15) is 0 Å². The lowest BCUT2D eigenvalue weighted by Gasteiger charge is -2.13. The summed E-state index contributed by atoms with van der Waals surface area (Å²) in [6.45, 7) is 0. The van der Waals surface area contributed by atoms with Crippen LogP contribution in [0.3, 0.4) is 0 Å². The highest BCUT2D eigenvalue weighted by Gasteiger charge is 2.18. The molecule has 150 valence electrons. The Morgan fingerprint density at radius 3 is 2.40 bits per heavy atom. The SMILES string of the molecule is COc1cccc(/C=C/c2nc3ccccc3c(=O)n2-c2c(F)cccc2F)c1O. The van der Waals surface area contributed by atoms with Crippen LogP contribution in [-0.2, 0) is 0 Å². The number of ether oxygens (including phenoxy) is 1. The fraction of sp³-hybridized carbons (Fsp3) is 0.0435. The number of aromatic hydroxyl groups is 1. The van der Waals surface area contributed by atoms with Crippen LogP contribution < -0.4 is 10.3 Å². The number of rotatable bonds is 4. The van der Waals surface area contributed by atoms with E-state index in [1.54, 1.807) is 42.5 Å². The number of benzene rings is 3. The number of nitrogens with zero attached hydrogens (tertiary/aromatic N) is 2. The molecule has 0 saturated heterocycles. The highest BCUT2D eigenvalue weighted by molar-refractivity contribution is 5.80. The van der Waals surface area contributed by atoms with Crippen molar-refractivity contribution in [2.24, 2.45) is 0 Å². The van der Waals surface area contributed by atoms with Crippen LogP contribution in [-0.4, -0.2) is 21.8 Å². The van der Waals surface area contributed by atoms with Gasteiger partial charge in [0, 0.05) is 5.56 Å². The number of hydrogen-bond donors (Lipinski definition) is 1. The van der Waals surface area contributed by atoms with Crippen molar-refractivity contribution in [1.29, 1.82) is 0 Å². The summed E-state index contributed by atoms with van der Waals surface area (Å²) < 4.78 is 35.0. The van der Waals surface area contributed by atoms with Crippen LogP contribution in [0.1, 0.15) is 11.4 Å². The van der Waals surface area contributed by atoms with Gasteiger partial charge in [-0.15, -0.1) is 0 Å². The second kappa shape index (κ2) is 7.79. The first-order valence-electron chi connectivity index (χ1n) is 9.01. The van der Waals surface area contributed by atoms with Crippen molar-refractivity contribution in [3.63, 3.8) is 0 Å². The Morgan fingerprint density at radius 1 is 0.967 bits per heavy atom. The Hall–Kier alpha value is -4.00. The van der Waals surface area contributed by atoms with Crippen molar-refractivity contribution in [2.45, 2.75) is 0 Å². The molecule has 7 heteroatoms. The van der Waals surface area contributed by atoms with Crippen molar-refractivity contribution in [1.82, 2.24) is 9.55 Å². The third-order valence-corrected chi connectivity index (χ3v) is 4.62. The molecule has 0 spiro atoms. The summed E-state index contributed by atoms with van der Waals surface area (Å²) in [5, 5.41) is 10.5. The summed E-state index contributed by atoms with van der Waals surface area (Å²) in [6, 6.07) is 14.8. The molecule has 0 aliphatic rings. The Kier molecular flexibility index (Phi) is 5.02. The molecule has 3 aromatic carbocycles. The van der Waals surface area contributed by atoms with Crippen LogP contribution >= 0.6 is 0 Å². The molecule has 0 amide bonds. The van der Waals surface area contributed by atoms with Gasteiger partial charge in [0.15, 0.2) is 11.5 Å². The number of halogens is 2. The summed E-state index contributed by atoms with van der Waals surface area (Å²) in [4.78, 5) is 17.5. The Morgan fingerprint density at radius 2 is 1.67 bits per heavy atom. The second-order valence-corrected chi connectivity index (χ2v) is 6.43. The number of phenols is 1. The van der Waals surface area contributed by atoms with E-state index in [1.807, 2.05) is 0 Å². The largest absolute Gasteiger partial charge is 0.504 e. The van der Waals surface area contributed by atoms with E-state index < -0.39 is 22.9 Å². The fourth-order valence-electron chi connectivity index (χ4n) is 3.18. The molecule has 0 saturated carbocycles. The van der Waals surface area contributed by atoms with Gasteiger partial charge in [0.1, 0.15) is 23.1 Å². The van der Waals surface area contributed by atoms with E-state index in [2.05, 4.69) is 4.98 Å². The van der Waals surface area contributed by atoms with Crippen LogP contribution in [0.25, 0.3) is 28.7 Å². The van der Waals surface area contributed by atoms with Crippen LogP contribution in [0.2, 0.25) is 0 Å². The molecule has 5 nitrogen and oxygen atoms in total. The molecular weight excluding hydrogens is 390 g/mol. The number of aromatic nitrogens is 2. The van der Waals surface area contributed by atoms with Gasteiger partial charge in [-0.1, -0.05) is 30.3 Å². The molecule has 0 aliphatic heterocycles. The third-order valence-electron chi connectivity index (χ3n) is 4.62. The summed E-state index contributed by atoms with van der Waals surface area (Å²) in [5.41, 5.74) is -0.364. The number of phenolic OH excluding ortho intramolecular Hbond substituents is 1. The van der Waals surface area contributed by atoms with E-state index in [1.165, 1.54) is 25.3 Å². The maximum Gasteiger partial charge on any atom is 0.266 e. The first-order chi connectivity index (χ1) is 14.5. The van der Waals surface area contributed by atoms with E-state index in [9.17, 15) is 18.7 Å². The molecule has 1 N–H and O–H groups in total. The minimum Gasteiger partial charge on any atom is -0.504 e. The first kappa shape index (κ1) is 19.3. The maximum absolute atomic E-state index is 14.5. The summed E-state index contributed by atoms with van der Waals surface area (Å²) >= 11 is 0.